The largest absolute Gasteiger partial charge is 0.397 e. The SMILES string of the molecule is Nc1ccccc1NC(=O)c1cc2ccc(CC(=O)NCCc3ccccc3)cc2s1. The molecule has 0 aliphatic heterocycles. The van der Waals surface area contributed by atoms with Gasteiger partial charge in [-0.3, -0.25) is 9.59 Å². The number of carbonyl (C=O) groups excluding carboxylic acids is 2. The minimum absolute atomic E-state index is 0.00986. The number of thiophene rings is 1. The molecule has 156 valence electrons. The van der Waals surface area contributed by atoms with Crippen molar-refractivity contribution in [2.24, 2.45) is 0 Å². The van der Waals surface area contributed by atoms with Gasteiger partial charge in [0.1, 0.15) is 0 Å². The maximum Gasteiger partial charge on any atom is 0.265 e. The lowest BCUT2D eigenvalue weighted by molar-refractivity contribution is -0.120. The molecule has 0 atom stereocenters. The highest BCUT2D eigenvalue weighted by Crippen LogP contribution is 2.28. The number of hydrogen-bond donors (Lipinski definition) is 3. The van der Waals surface area contributed by atoms with Crippen molar-refractivity contribution in [3.63, 3.8) is 0 Å². The number of nitrogens with two attached hydrogens (primary N) is 1. The van der Waals surface area contributed by atoms with E-state index in [4.69, 9.17) is 5.73 Å². The van der Waals surface area contributed by atoms with E-state index in [1.54, 1.807) is 12.1 Å². The molecule has 1 heterocycles. The van der Waals surface area contributed by atoms with Gasteiger partial charge in [-0.2, -0.15) is 0 Å². The van der Waals surface area contributed by atoms with Crippen LogP contribution in [-0.2, 0) is 17.6 Å². The second-order valence-electron chi connectivity index (χ2n) is 7.29. The standard InChI is InChI=1S/C25H23N3O2S/c26-20-8-4-5-9-21(20)28-25(30)23-16-19-11-10-18(14-22(19)31-23)15-24(29)27-13-12-17-6-2-1-3-7-17/h1-11,14,16H,12-13,15,26H2,(H,27,29)(H,28,30). The molecule has 4 aromatic rings. The van der Waals surface area contributed by atoms with Crippen LogP contribution in [-0.4, -0.2) is 18.4 Å². The molecule has 6 heteroatoms. The number of rotatable bonds is 7. The second kappa shape index (κ2) is 9.45. The fourth-order valence-electron chi connectivity index (χ4n) is 3.33. The van der Waals surface area contributed by atoms with Gasteiger partial charge in [0, 0.05) is 11.2 Å². The molecule has 0 radical (unpaired) electrons. The molecule has 2 amide bonds. The molecule has 0 fully saturated rings. The van der Waals surface area contributed by atoms with Crippen LogP contribution in [0.3, 0.4) is 0 Å². The van der Waals surface area contributed by atoms with Crippen LogP contribution in [0.1, 0.15) is 20.8 Å². The number of fused-ring (bicyclic) bond motifs is 1. The summed E-state index contributed by atoms with van der Waals surface area (Å²) >= 11 is 1.40. The highest BCUT2D eigenvalue weighted by Gasteiger charge is 2.13. The summed E-state index contributed by atoms with van der Waals surface area (Å²) in [5, 5.41) is 6.80. The summed E-state index contributed by atoms with van der Waals surface area (Å²) in [5.74, 6) is -0.205. The maximum absolute atomic E-state index is 12.6. The van der Waals surface area contributed by atoms with Gasteiger partial charge < -0.3 is 16.4 Å². The first-order valence-electron chi connectivity index (χ1n) is 10.1. The summed E-state index contributed by atoms with van der Waals surface area (Å²) in [4.78, 5) is 25.5. The molecule has 0 saturated carbocycles. The van der Waals surface area contributed by atoms with Crippen molar-refractivity contribution >= 4 is 44.6 Å². The Morgan fingerprint density at radius 3 is 2.45 bits per heavy atom. The van der Waals surface area contributed by atoms with E-state index in [9.17, 15) is 9.59 Å². The molecular weight excluding hydrogens is 406 g/mol. The van der Waals surface area contributed by atoms with E-state index in [1.165, 1.54) is 16.9 Å². The first-order valence-corrected chi connectivity index (χ1v) is 10.9. The van der Waals surface area contributed by atoms with Crippen molar-refractivity contribution in [3.8, 4) is 0 Å². The van der Waals surface area contributed by atoms with E-state index in [-0.39, 0.29) is 11.8 Å². The molecule has 0 aliphatic rings. The van der Waals surface area contributed by atoms with Gasteiger partial charge in [-0.25, -0.2) is 0 Å². The quantitative estimate of drug-likeness (QED) is 0.374. The Morgan fingerprint density at radius 2 is 1.65 bits per heavy atom. The predicted molar refractivity (Wildman–Crippen MR) is 127 cm³/mol. The molecule has 0 aliphatic carbocycles. The summed E-state index contributed by atoms with van der Waals surface area (Å²) in [6.07, 6.45) is 1.12. The maximum atomic E-state index is 12.6. The Hall–Kier alpha value is -3.64. The van der Waals surface area contributed by atoms with Gasteiger partial charge in [-0.05, 0) is 47.2 Å². The smallest absolute Gasteiger partial charge is 0.265 e. The van der Waals surface area contributed by atoms with Gasteiger partial charge in [0.25, 0.3) is 5.91 Å². The third kappa shape index (κ3) is 5.29. The van der Waals surface area contributed by atoms with Gasteiger partial charge >= 0.3 is 0 Å². The minimum atomic E-state index is -0.195. The minimum Gasteiger partial charge on any atom is -0.397 e. The van der Waals surface area contributed by atoms with Crippen LogP contribution < -0.4 is 16.4 Å². The molecule has 3 aromatic carbocycles. The Balaban J connectivity index is 1.37. The summed E-state index contributed by atoms with van der Waals surface area (Å²) in [5.41, 5.74) is 9.15. The van der Waals surface area contributed by atoms with Crippen molar-refractivity contribution in [3.05, 3.63) is 94.9 Å². The average Bonchev–Trinajstić information content (AvgIpc) is 3.20. The summed E-state index contributed by atoms with van der Waals surface area (Å²) in [6.45, 7) is 0.608. The Bertz CT molecular complexity index is 1220. The predicted octanol–water partition coefficient (Wildman–Crippen LogP) is 4.64. The number of nitrogens with one attached hydrogen (secondary N) is 2. The molecule has 5 nitrogen and oxygen atoms in total. The highest BCUT2D eigenvalue weighted by atomic mass is 32.1. The first-order chi connectivity index (χ1) is 15.1. The molecule has 0 unspecified atom stereocenters. The Labute approximate surface area is 184 Å². The molecule has 0 saturated heterocycles. The van der Waals surface area contributed by atoms with Crippen molar-refractivity contribution < 1.29 is 9.59 Å². The van der Waals surface area contributed by atoms with Crippen LogP contribution in [0.25, 0.3) is 10.1 Å². The van der Waals surface area contributed by atoms with Gasteiger partial charge in [0.2, 0.25) is 5.91 Å². The van der Waals surface area contributed by atoms with E-state index >= 15 is 0 Å². The molecule has 4 rings (SSSR count). The van der Waals surface area contributed by atoms with Crippen LogP contribution in [0, 0.1) is 0 Å². The molecule has 31 heavy (non-hydrogen) atoms. The van der Waals surface area contributed by atoms with Crippen molar-refractivity contribution in [1.82, 2.24) is 5.32 Å². The molecule has 0 spiro atoms. The lowest BCUT2D eigenvalue weighted by atomic mass is 10.1. The Kier molecular flexibility index (Phi) is 6.29. The van der Waals surface area contributed by atoms with E-state index in [0.29, 0.717) is 29.2 Å². The molecule has 4 N–H and O–H groups in total. The number of amides is 2. The highest BCUT2D eigenvalue weighted by molar-refractivity contribution is 7.20. The third-order valence-corrected chi connectivity index (χ3v) is 6.06. The van der Waals surface area contributed by atoms with Gasteiger partial charge in [0.15, 0.2) is 0 Å². The zero-order valence-electron chi connectivity index (χ0n) is 16.9. The topological polar surface area (TPSA) is 84.2 Å². The normalized spacial score (nSPS) is 10.7. The van der Waals surface area contributed by atoms with Crippen LogP contribution in [0.5, 0.6) is 0 Å². The molecule has 0 bridgehead atoms. The molecular formula is C25H23N3O2S. The number of carbonyl (C=O) groups is 2. The average molecular weight is 430 g/mol. The number of para-hydroxylation sites is 2. The second-order valence-corrected chi connectivity index (χ2v) is 8.37. The van der Waals surface area contributed by atoms with Crippen molar-refractivity contribution in [2.75, 3.05) is 17.6 Å². The van der Waals surface area contributed by atoms with Gasteiger partial charge in [0.05, 0.1) is 22.7 Å². The zero-order chi connectivity index (χ0) is 21.6. The van der Waals surface area contributed by atoms with Crippen LogP contribution in [0.2, 0.25) is 0 Å². The van der Waals surface area contributed by atoms with Crippen LogP contribution in [0.4, 0.5) is 11.4 Å². The summed E-state index contributed by atoms with van der Waals surface area (Å²) < 4.78 is 0.973. The first kappa shape index (κ1) is 20.6. The van der Waals surface area contributed by atoms with Crippen molar-refractivity contribution in [1.29, 1.82) is 0 Å². The Morgan fingerprint density at radius 1 is 0.871 bits per heavy atom. The van der Waals surface area contributed by atoms with E-state index < -0.39 is 0 Å². The number of anilines is 2. The van der Waals surface area contributed by atoms with Gasteiger partial charge in [-0.15, -0.1) is 11.3 Å². The van der Waals surface area contributed by atoms with Crippen LogP contribution in [0.15, 0.2) is 78.9 Å². The van der Waals surface area contributed by atoms with E-state index in [0.717, 1.165) is 22.1 Å². The van der Waals surface area contributed by atoms with Crippen LogP contribution >= 0.6 is 11.3 Å². The lowest BCUT2D eigenvalue weighted by Gasteiger charge is -2.06. The third-order valence-electron chi connectivity index (χ3n) is 4.96. The number of benzene rings is 3. The lowest BCUT2D eigenvalue weighted by Crippen LogP contribution is -2.27. The van der Waals surface area contributed by atoms with E-state index in [1.807, 2.05) is 54.6 Å². The zero-order valence-corrected chi connectivity index (χ0v) is 17.7. The van der Waals surface area contributed by atoms with Crippen molar-refractivity contribution in [2.45, 2.75) is 12.8 Å². The number of hydrogen-bond acceptors (Lipinski definition) is 4. The fraction of sp³-hybridized carbons (Fsp3) is 0.120. The summed E-state index contributed by atoms with van der Waals surface area (Å²) in [7, 11) is 0. The molecule has 1 aromatic heterocycles. The summed E-state index contributed by atoms with van der Waals surface area (Å²) in [6, 6.07) is 25.0. The number of nitrogen functional groups attached to an aromatic ring is 1. The monoisotopic (exact) mass is 429 g/mol. The fourth-order valence-corrected chi connectivity index (χ4v) is 4.35. The van der Waals surface area contributed by atoms with Gasteiger partial charge in [-0.1, -0.05) is 54.6 Å². The van der Waals surface area contributed by atoms with E-state index in [2.05, 4.69) is 22.8 Å².